The maximum absolute atomic E-state index is 14.3. The Morgan fingerprint density at radius 1 is 0.932 bits per heavy atom. The zero-order valence-electron chi connectivity index (χ0n) is 34.7. The van der Waals surface area contributed by atoms with E-state index in [0.29, 0.717) is 51.4 Å². The number of carbonyl (C=O) groups excluding carboxylic acids is 4. The van der Waals surface area contributed by atoms with Crippen LogP contribution in [0.15, 0.2) is 78.9 Å². The fraction of sp³-hybridized carbons (Fsp3) is 0.386. The number of amides is 4. The van der Waals surface area contributed by atoms with Gasteiger partial charge in [0.15, 0.2) is 0 Å². The van der Waals surface area contributed by atoms with Crippen LogP contribution in [0.3, 0.4) is 0 Å². The molecule has 4 N–H and O–H groups in total. The lowest BCUT2D eigenvalue weighted by Gasteiger charge is -2.33. The fourth-order valence-electron chi connectivity index (χ4n) is 6.38. The molecule has 1 aliphatic rings. The van der Waals surface area contributed by atoms with Crippen molar-refractivity contribution >= 4 is 50.8 Å². The number of fused-ring (bicyclic) bond motifs is 3. The van der Waals surface area contributed by atoms with Crippen LogP contribution < -0.4 is 30.1 Å². The summed E-state index contributed by atoms with van der Waals surface area (Å²) >= 11 is 0. The van der Waals surface area contributed by atoms with Crippen LogP contribution in [0.2, 0.25) is 0 Å². The Kier molecular flexibility index (Phi) is 13.7. The molecule has 0 saturated carbocycles. The Hall–Kier alpha value is -5.96. The van der Waals surface area contributed by atoms with Crippen molar-refractivity contribution in [2.45, 2.75) is 91.5 Å². The van der Waals surface area contributed by atoms with Gasteiger partial charge in [-0.05, 0) is 68.9 Å². The van der Waals surface area contributed by atoms with Gasteiger partial charge < -0.3 is 30.2 Å². The first kappa shape index (κ1) is 44.1. The van der Waals surface area contributed by atoms with Crippen LogP contribution in [0.25, 0.3) is 28.2 Å². The Labute approximate surface area is 345 Å². The minimum Gasteiger partial charge on any atom is -0.497 e. The number of aromatic nitrogens is 1. The van der Waals surface area contributed by atoms with Gasteiger partial charge in [-0.3, -0.25) is 19.1 Å². The summed E-state index contributed by atoms with van der Waals surface area (Å²) in [7, 11) is -2.52. The van der Waals surface area contributed by atoms with Gasteiger partial charge in [0.1, 0.15) is 41.0 Å². The first-order chi connectivity index (χ1) is 27.8. The number of hydrogen-bond donors (Lipinski definition) is 4. The van der Waals surface area contributed by atoms with Crippen molar-refractivity contribution in [2.24, 2.45) is 5.41 Å². The summed E-state index contributed by atoms with van der Waals surface area (Å²) in [4.78, 5) is 59.6. The number of ether oxygens (including phenoxy) is 3. The normalized spacial score (nSPS) is 18.3. The molecule has 0 spiro atoms. The highest BCUT2D eigenvalue weighted by atomic mass is 32.2. The van der Waals surface area contributed by atoms with Crippen LogP contribution in [0, 0.1) is 5.41 Å². The number of methoxy groups -OCH3 is 1. The van der Waals surface area contributed by atoms with Crippen LogP contribution in [-0.2, 0) is 29.1 Å². The molecule has 0 unspecified atom stereocenters. The van der Waals surface area contributed by atoms with Gasteiger partial charge in [0, 0.05) is 28.6 Å². The lowest BCUT2D eigenvalue weighted by atomic mass is 9.86. The predicted octanol–water partition coefficient (Wildman–Crippen LogP) is 6.95. The highest BCUT2D eigenvalue weighted by Crippen LogP contribution is 2.37. The van der Waals surface area contributed by atoms with Crippen molar-refractivity contribution in [1.82, 2.24) is 25.7 Å². The maximum atomic E-state index is 14.3. The molecule has 5 rings (SSSR count). The van der Waals surface area contributed by atoms with Gasteiger partial charge in [0.25, 0.3) is 5.91 Å². The number of alkyl carbamates (subject to hydrolysis) is 1. The van der Waals surface area contributed by atoms with Crippen molar-refractivity contribution < 1.29 is 41.8 Å². The second kappa shape index (κ2) is 18.3. The molecular weight excluding hydrogens is 775 g/mol. The van der Waals surface area contributed by atoms with E-state index in [1.54, 1.807) is 92.0 Å². The summed E-state index contributed by atoms with van der Waals surface area (Å²) in [6, 6.07) is 18.0. The van der Waals surface area contributed by atoms with Crippen molar-refractivity contribution in [1.29, 1.82) is 0 Å². The Bertz CT molecular complexity index is 2330. The molecule has 0 radical (unpaired) electrons. The van der Waals surface area contributed by atoms with Gasteiger partial charge in [-0.2, -0.15) is 0 Å². The molecule has 314 valence electrons. The topological polar surface area (TPSA) is 191 Å². The highest BCUT2D eigenvalue weighted by molar-refractivity contribution is 7.90. The number of hydrogen-bond acceptors (Lipinski definition) is 10. The smallest absolute Gasteiger partial charge is 0.408 e. The molecule has 0 saturated heterocycles. The number of nitrogens with zero attached hydrogens (tertiary/aromatic N) is 1. The third kappa shape index (κ3) is 11.8. The summed E-state index contributed by atoms with van der Waals surface area (Å²) in [5.41, 5.74) is 1.20. The first-order valence-corrected chi connectivity index (χ1v) is 21.1. The predicted molar refractivity (Wildman–Crippen MR) is 226 cm³/mol. The zero-order chi connectivity index (χ0) is 43.1. The number of allylic oxidation sites excluding steroid dienone is 1. The first-order valence-electron chi connectivity index (χ1n) is 19.4. The molecule has 0 aliphatic carbocycles. The van der Waals surface area contributed by atoms with E-state index in [9.17, 15) is 27.6 Å². The summed E-state index contributed by atoms with van der Waals surface area (Å²) in [5.74, 6) is -1.35. The van der Waals surface area contributed by atoms with E-state index in [-0.39, 0.29) is 12.8 Å². The van der Waals surface area contributed by atoms with E-state index in [4.69, 9.17) is 19.2 Å². The van der Waals surface area contributed by atoms with Crippen LogP contribution in [0.1, 0.15) is 84.9 Å². The molecule has 3 atom stereocenters. The number of rotatable bonds is 9. The molecule has 3 aromatic carbocycles. The molecule has 15 heteroatoms. The highest BCUT2D eigenvalue weighted by Gasteiger charge is 2.37. The average Bonchev–Trinajstić information content (AvgIpc) is 3.16. The Morgan fingerprint density at radius 2 is 1.66 bits per heavy atom. The van der Waals surface area contributed by atoms with Crippen LogP contribution >= 0.6 is 0 Å². The van der Waals surface area contributed by atoms with E-state index in [1.807, 2.05) is 48.5 Å². The SMILES string of the molecule is CCC[C@@H]1NC(=O)[C@@H](NC(=O)[C@@H](NC(=O)OC(C)(C)C)C(C)(C)C)c2ccc(Oc3cc(-c4ccccc4)nc4cc(OC)ccc34)c(c2)/C=C\CCS(=O)(=O)NC1=O. The van der Waals surface area contributed by atoms with Crippen LogP contribution in [0.5, 0.6) is 17.2 Å². The fourth-order valence-corrected chi connectivity index (χ4v) is 7.38. The van der Waals surface area contributed by atoms with Gasteiger partial charge in [0.05, 0.1) is 24.1 Å². The second-order valence-corrected chi connectivity index (χ2v) is 18.2. The summed E-state index contributed by atoms with van der Waals surface area (Å²) < 4.78 is 45.7. The molecular formula is C44H53N5O9S. The zero-order valence-corrected chi connectivity index (χ0v) is 35.5. The Balaban J connectivity index is 1.63. The molecule has 4 amide bonds. The lowest BCUT2D eigenvalue weighted by Crippen LogP contribution is -2.57. The quantitative estimate of drug-likeness (QED) is 0.137. The third-order valence-corrected chi connectivity index (χ3v) is 10.6. The van der Waals surface area contributed by atoms with Crippen LogP contribution in [-0.4, -0.2) is 67.8 Å². The largest absolute Gasteiger partial charge is 0.497 e. The van der Waals surface area contributed by atoms with Crippen molar-refractivity contribution in [2.75, 3.05) is 12.9 Å². The molecule has 2 heterocycles. The maximum Gasteiger partial charge on any atom is 0.408 e. The molecule has 14 nitrogen and oxygen atoms in total. The number of nitrogens with one attached hydrogen (secondary N) is 4. The van der Waals surface area contributed by atoms with Gasteiger partial charge in [-0.25, -0.2) is 18.2 Å². The third-order valence-electron chi connectivity index (χ3n) is 9.29. The summed E-state index contributed by atoms with van der Waals surface area (Å²) in [6.45, 7) is 12.1. The van der Waals surface area contributed by atoms with E-state index in [1.165, 1.54) is 0 Å². The van der Waals surface area contributed by atoms with E-state index in [2.05, 4.69) is 20.7 Å². The molecule has 1 aromatic heterocycles. The molecule has 2 bridgehead atoms. The van der Waals surface area contributed by atoms with E-state index >= 15 is 0 Å². The Morgan fingerprint density at radius 3 is 2.32 bits per heavy atom. The lowest BCUT2D eigenvalue weighted by molar-refractivity contribution is -0.133. The van der Waals surface area contributed by atoms with E-state index in [0.717, 1.165) is 5.56 Å². The molecule has 1 aliphatic heterocycles. The average molecular weight is 828 g/mol. The van der Waals surface area contributed by atoms with E-state index < -0.39 is 68.7 Å². The van der Waals surface area contributed by atoms with Gasteiger partial charge in [-0.1, -0.05) is 82.7 Å². The number of pyridine rings is 1. The number of sulfonamides is 1. The van der Waals surface area contributed by atoms with Gasteiger partial charge >= 0.3 is 6.09 Å². The number of carbonyl (C=O) groups is 4. The van der Waals surface area contributed by atoms with Gasteiger partial charge in [0.2, 0.25) is 21.8 Å². The molecule has 0 fully saturated rings. The van der Waals surface area contributed by atoms with Crippen LogP contribution in [0.4, 0.5) is 4.79 Å². The van der Waals surface area contributed by atoms with Crippen molar-refractivity contribution in [3.63, 3.8) is 0 Å². The monoisotopic (exact) mass is 827 g/mol. The second-order valence-electron chi connectivity index (χ2n) is 16.4. The summed E-state index contributed by atoms with van der Waals surface area (Å²) in [5, 5.41) is 8.80. The standard InChI is InChI=1S/C44H53N5O9S/c1-9-15-32-39(50)49-59(54,55)23-14-13-18-28-24-29(37(40(51)46-32)47-41(52)38(43(2,3)4)48-42(53)58-44(5,6)7)19-22-35(28)57-36-26-33(27-16-11-10-12-17-27)45-34-25-30(56-8)20-21-31(34)36/h10-13,16-22,24-26,32,37-38H,9,14-15,23H2,1-8H3,(H,46,51)(H,47,52)(H,48,53)(H,49,50)/b18-13-/t32-,37-,38+/m0/s1. The van der Waals surface area contributed by atoms with Crippen molar-refractivity contribution in [3.05, 3.63) is 90.0 Å². The molecule has 4 aromatic rings. The van der Waals surface area contributed by atoms with Gasteiger partial charge in [-0.15, -0.1) is 0 Å². The minimum atomic E-state index is -4.10. The number of benzene rings is 3. The minimum absolute atomic E-state index is 0.0387. The molecule has 59 heavy (non-hydrogen) atoms. The van der Waals surface area contributed by atoms with Crippen molar-refractivity contribution in [3.8, 4) is 28.5 Å². The summed E-state index contributed by atoms with van der Waals surface area (Å²) in [6.07, 6.45) is 3.05.